The van der Waals surface area contributed by atoms with Gasteiger partial charge in [0.25, 0.3) is 0 Å². The quantitative estimate of drug-likeness (QED) is 0.504. The maximum Gasteiger partial charge on any atom is 0.231 e. The first-order valence-corrected chi connectivity index (χ1v) is 5.34. The molecule has 0 aromatic heterocycles. The Balaban J connectivity index is 0. The Morgan fingerprint density at radius 2 is 2.08 bits per heavy atom. The molecule has 0 heterocycles. The number of allylic oxidation sites excluding steroid dienone is 4. The largest absolute Gasteiger partial charge is 0.231 e. The maximum absolute atomic E-state index is 12.2. The van der Waals surface area contributed by atoms with E-state index in [2.05, 4.69) is 6.58 Å². The Morgan fingerprint density at radius 3 is 2.38 bits per heavy atom. The highest BCUT2D eigenvalue weighted by molar-refractivity contribution is 7.84. The van der Waals surface area contributed by atoms with Gasteiger partial charge in [-0.2, -0.15) is 0 Å². The van der Waals surface area contributed by atoms with Crippen molar-refractivity contribution < 1.29 is 8.09 Å². The number of hydrogen-bond acceptors (Lipinski definition) is 1. The lowest BCUT2D eigenvalue weighted by Crippen LogP contribution is -1.81. The fourth-order valence-corrected chi connectivity index (χ4v) is 0.919. The highest BCUT2D eigenvalue weighted by Crippen LogP contribution is 2.05. The van der Waals surface area contributed by atoms with E-state index in [1.807, 2.05) is 20.8 Å². The molecule has 0 aliphatic heterocycles. The highest BCUT2D eigenvalue weighted by atomic mass is 32.2. The summed E-state index contributed by atoms with van der Waals surface area (Å²) >= 11 is -2.40. The van der Waals surface area contributed by atoms with Crippen molar-refractivity contribution in [2.45, 2.75) is 27.2 Å². The second-order valence-corrected chi connectivity index (χ2v) is 2.76. The molecule has 1 atom stereocenters. The molecular formula is C10H17FOS. The van der Waals surface area contributed by atoms with Crippen molar-refractivity contribution in [2.24, 2.45) is 0 Å². The van der Waals surface area contributed by atoms with Crippen LogP contribution in [0.2, 0.25) is 0 Å². The minimum Gasteiger partial charge on any atom is -0.219 e. The molecule has 76 valence electrons. The van der Waals surface area contributed by atoms with Crippen LogP contribution in [-0.4, -0.2) is 4.21 Å². The zero-order valence-corrected chi connectivity index (χ0v) is 9.23. The lowest BCUT2D eigenvalue weighted by molar-refractivity contribution is 0.655. The van der Waals surface area contributed by atoms with Crippen LogP contribution in [0, 0.1) is 0 Å². The van der Waals surface area contributed by atoms with Gasteiger partial charge in [-0.1, -0.05) is 39.5 Å². The number of halogens is 1. The van der Waals surface area contributed by atoms with E-state index in [1.54, 1.807) is 6.08 Å². The van der Waals surface area contributed by atoms with E-state index in [0.29, 0.717) is 0 Å². The van der Waals surface area contributed by atoms with Crippen LogP contribution < -0.4 is 0 Å². The van der Waals surface area contributed by atoms with Gasteiger partial charge in [-0.15, -0.1) is 3.89 Å². The van der Waals surface area contributed by atoms with Gasteiger partial charge < -0.3 is 0 Å². The summed E-state index contributed by atoms with van der Waals surface area (Å²) < 4.78 is 22.5. The first-order valence-electron chi connectivity index (χ1n) is 4.29. The van der Waals surface area contributed by atoms with Gasteiger partial charge in [-0.05, 0) is 18.6 Å². The smallest absolute Gasteiger partial charge is 0.219 e. The van der Waals surface area contributed by atoms with Gasteiger partial charge in [0.2, 0.25) is 11.2 Å². The Morgan fingerprint density at radius 1 is 1.54 bits per heavy atom. The number of rotatable bonds is 4. The van der Waals surface area contributed by atoms with Gasteiger partial charge in [0.15, 0.2) is 0 Å². The molecule has 0 aromatic carbocycles. The molecule has 1 nitrogen and oxygen atoms in total. The lowest BCUT2D eigenvalue weighted by atomic mass is 10.4. The highest BCUT2D eigenvalue weighted by Gasteiger charge is 1.98. The molecule has 0 aliphatic carbocycles. The average Bonchev–Trinajstić information content (AvgIpc) is 2.15. The van der Waals surface area contributed by atoms with E-state index >= 15 is 0 Å². The zero-order chi connectivity index (χ0) is 10.7. The summed E-state index contributed by atoms with van der Waals surface area (Å²) in [5, 5.41) is 0. The van der Waals surface area contributed by atoms with Gasteiger partial charge in [-0.25, -0.2) is 4.21 Å². The van der Waals surface area contributed by atoms with E-state index in [-0.39, 0.29) is 4.91 Å². The summed E-state index contributed by atoms with van der Waals surface area (Å²) in [5.41, 5.74) is 0. The van der Waals surface area contributed by atoms with Gasteiger partial charge in [0.05, 0.1) is 4.91 Å². The summed E-state index contributed by atoms with van der Waals surface area (Å²) in [6.07, 6.45) is 6.84. The lowest BCUT2D eigenvalue weighted by Gasteiger charge is -1.89. The molecule has 0 fully saturated rings. The molecule has 13 heavy (non-hydrogen) atoms. The second-order valence-electron chi connectivity index (χ2n) is 1.84. The van der Waals surface area contributed by atoms with Crippen LogP contribution >= 0.6 is 0 Å². The van der Waals surface area contributed by atoms with Gasteiger partial charge in [0, 0.05) is 0 Å². The van der Waals surface area contributed by atoms with Crippen LogP contribution in [0.4, 0.5) is 3.89 Å². The van der Waals surface area contributed by atoms with Crippen LogP contribution in [0.25, 0.3) is 0 Å². The van der Waals surface area contributed by atoms with Crippen LogP contribution in [0.1, 0.15) is 27.2 Å². The fraction of sp³-hybridized carbons (Fsp3) is 0.400. The van der Waals surface area contributed by atoms with Crippen molar-refractivity contribution >= 4 is 11.2 Å². The van der Waals surface area contributed by atoms with Crippen molar-refractivity contribution in [3.63, 3.8) is 0 Å². The topological polar surface area (TPSA) is 17.1 Å². The summed E-state index contributed by atoms with van der Waals surface area (Å²) in [7, 11) is 0. The Bertz CT molecular complexity index is 207. The molecule has 0 radical (unpaired) electrons. The van der Waals surface area contributed by atoms with Crippen molar-refractivity contribution in [2.75, 3.05) is 0 Å². The Kier molecular flexibility index (Phi) is 12.9. The zero-order valence-electron chi connectivity index (χ0n) is 8.42. The maximum atomic E-state index is 12.2. The molecule has 1 unspecified atom stereocenters. The first-order chi connectivity index (χ1) is 6.22. The standard InChI is InChI=1S/C8H11FOS.C2H6/c1-3-5-7-8(6-4-2)11(9)10;1-2/h4-7H,2-3H2,1H3;1-2H3/b7-5-,8-6+;. The summed E-state index contributed by atoms with van der Waals surface area (Å²) in [5.74, 6) is 0. The van der Waals surface area contributed by atoms with E-state index in [0.717, 1.165) is 6.42 Å². The van der Waals surface area contributed by atoms with E-state index < -0.39 is 11.2 Å². The van der Waals surface area contributed by atoms with Crippen molar-refractivity contribution in [1.29, 1.82) is 0 Å². The molecule has 0 bridgehead atoms. The first kappa shape index (κ1) is 14.8. The van der Waals surface area contributed by atoms with Crippen molar-refractivity contribution in [3.8, 4) is 0 Å². The molecule has 0 aromatic rings. The molecule has 0 amide bonds. The third-order valence-electron chi connectivity index (χ3n) is 0.985. The molecule has 0 aliphatic rings. The van der Waals surface area contributed by atoms with Crippen molar-refractivity contribution in [1.82, 2.24) is 0 Å². The number of hydrogen-bond donors (Lipinski definition) is 0. The normalized spacial score (nSPS) is 13.4. The van der Waals surface area contributed by atoms with Gasteiger partial charge in [-0.3, -0.25) is 0 Å². The summed E-state index contributed by atoms with van der Waals surface area (Å²) in [6.45, 7) is 9.30. The molecule has 0 N–H and O–H groups in total. The molecule has 0 saturated heterocycles. The van der Waals surface area contributed by atoms with E-state index in [1.165, 1.54) is 18.2 Å². The minimum absolute atomic E-state index is 0.154. The van der Waals surface area contributed by atoms with Crippen LogP contribution in [0.15, 0.2) is 35.8 Å². The van der Waals surface area contributed by atoms with Crippen molar-refractivity contribution in [3.05, 3.63) is 35.8 Å². The predicted octanol–water partition coefficient (Wildman–Crippen LogP) is 3.68. The fourth-order valence-electron chi connectivity index (χ4n) is 0.513. The molecular weight excluding hydrogens is 187 g/mol. The third-order valence-corrected chi connectivity index (χ3v) is 1.63. The molecule has 0 spiro atoms. The Labute approximate surface area is 82.8 Å². The predicted molar refractivity (Wildman–Crippen MR) is 58.3 cm³/mol. The monoisotopic (exact) mass is 204 g/mol. The van der Waals surface area contributed by atoms with Gasteiger partial charge >= 0.3 is 0 Å². The van der Waals surface area contributed by atoms with E-state index in [9.17, 15) is 8.09 Å². The van der Waals surface area contributed by atoms with E-state index in [4.69, 9.17) is 0 Å². The Hall–Kier alpha value is -0.700. The van der Waals surface area contributed by atoms with Crippen LogP contribution in [0.3, 0.4) is 0 Å². The second kappa shape index (κ2) is 11.3. The van der Waals surface area contributed by atoms with Crippen LogP contribution in [-0.2, 0) is 11.2 Å². The van der Waals surface area contributed by atoms with Gasteiger partial charge in [0.1, 0.15) is 0 Å². The molecule has 0 rings (SSSR count). The van der Waals surface area contributed by atoms with Crippen LogP contribution in [0.5, 0.6) is 0 Å². The third kappa shape index (κ3) is 9.21. The molecule has 3 heteroatoms. The molecule has 0 saturated carbocycles. The average molecular weight is 204 g/mol. The minimum atomic E-state index is -2.40. The summed E-state index contributed by atoms with van der Waals surface area (Å²) in [6, 6.07) is 0. The summed E-state index contributed by atoms with van der Waals surface area (Å²) in [4.78, 5) is 0.154. The SMILES string of the molecule is C=C/C=C(\C=C/CC)S(=O)F.CC.